The highest BCUT2D eigenvalue weighted by Crippen LogP contribution is 2.32. The van der Waals surface area contributed by atoms with Gasteiger partial charge in [-0.1, -0.05) is 32.6 Å². The average molecular weight is 309 g/mol. The van der Waals surface area contributed by atoms with Crippen LogP contribution >= 0.6 is 0 Å². The van der Waals surface area contributed by atoms with Gasteiger partial charge in [-0.05, 0) is 19.3 Å². The maximum absolute atomic E-state index is 12.9. The second kappa shape index (κ2) is 6.54. The molecule has 0 aromatic rings. The van der Waals surface area contributed by atoms with Gasteiger partial charge >= 0.3 is 6.03 Å². The summed E-state index contributed by atoms with van der Waals surface area (Å²) in [5.41, 5.74) is -0.621. The minimum Gasteiger partial charge on any atom is -0.376 e. The number of urea groups is 1. The zero-order valence-corrected chi connectivity index (χ0v) is 13.5. The zero-order chi connectivity index (χ0) is 15.6. The third-order valence-electron chi connectivity index (χ3n) is 5.22. The van der Waals surface area contributed by atoms with E-state index in [0.717, 1.165) is 58.0 Å². The first-order valence-electron chi connectivity index (χ1n) is 8.63. The first-order valence-corrected chi connectivity index (χ1v) is 8.63. The number of carbonyl (C=O) groups is 2. The number of carbonyl (C=O) groups excluding carboxylic acids is 2. The molecule has 124 valence electrons. The topological polar surface area (TPSA) is 61.9 Å². The van der Waals surface area contributed by atoms with E-state index in [0.29, 0.717) is 13.3 Å². The quantitative estimate of drug-likeness (QED) is 0.806. The number of morpholine rings is 1. The normalized spacial score (nSPS) is 29.7. The molecule has 22 heavy (non-hydrogen) atoms. The van der Waals surface area contributed by atoms with Gasteiger partial charge in [0.15, 0.2) is 0 Å². The summed E-state index contributed by atoms with van der Waals surface area (Å²) in [5, 5.41) is 3.00. The fourth-order valence-electron chi connectivity index (χ4n) is 3.83. The number of nitrogens with one attached hydrogen (secondary N) is 1. The number of ether oxygens (including phenoxy) is 1. The lowest BCUT2D eigenvalue weighted by Gasteiger charge is -2.34. The van der Waals surface area contributed by atoms with Gasteiger partial charge < -0.3 is 10.1 Å². The van der Waals surface area contributed by atoms with Crippen LogP contribution in [0.2, 0.25) is 0 Å². The molecule has 0 unspecified atom stereocenters. The Hall–Kier alpha value is -1.14. The van der Waals surface area contributed by atoms with Crippen LogP contribution in [0, 0.1) is 0 Å². The average Bonchev–Trinajstić information content (AvgIpc) is 2.71. The smallest absolute Gasteiger partial charge is 0.326 e. The van der Waals surface area contributed by atoms with Gasteiger partial charge in [0.2, 0.25) is 0 Å². The minimum absolute atomic E-state index is 0.0149. The number of imide groups is 1. The van der Waals surface area contributed by atoms with Crippen molar-refractivity contribution in [1.29, 1.82) is 0 Å². The Bertz CT molecular complexity index is 432. The van der Waals surface area contributed by atoms with Crippen LogP contribution in [-0.2, 0) is 9.53 Å². The van der Waals surface area contributed by atoms with Crippen molar-refractivity contribution in [1.82, 2.24) is 15.1 Å². The van der Waals surface area contributed by atoms with Crippen LogP contribution in [0.25, 0.3) is 0 Å². The summed E-state index contributed by atoms with van der Waals surface area (Å²) in [6, 6.07) is -0.216. The van der Waals surface area contributed by atoms with Crippen LogP contribution in [0.1, 0.15) is 51.9 Å². The summed E-state index contributed by atoms with van der Waals surface area (Å²) in [6.07, 6.45) is 7.11. The second-order valence-corrected chi connectivity index (χ2v) is 6.78. The molecule has 0 radical (unpaired) electrons. The molecular formula is C16H27N3O3. The Morgan fingerprint density at radius 3 is 2.64 bits per heavy atom. The van der Waals surface area contributed by atoms with Crippen molar-refractivity contribution in [2.24, 2.45) is 0 Å². The van der Waals surface area contributed by atoms with Crippen LogP contribution in [0.5, 0.6) is 0 Å². The van der Waals surface area contributed by atoms with E-state index in [1.165, 1.54) is 4.90 Å². The molecule has 3 aliphatic rings. The van der Waals surface area contributed by atoms with Crippen LogP contribution in [-0.4, -0.2) is 59.7 Å². The molecule has 0 aromatic heterocycles. The van der Waals surface area contributed by atoms with E-state index in [-0.39, 0.29) is 18.0 Å². The van der Waals surface area contributed by atoms with Gasteiger partial charge in [0.1, 0.15) is 5.54 Å². The third kappa shape index (κ3) is 2.99. The predicted molar refractivity (Wildman–Crippen MR) is 82.3 cm³/mol. The standard InChI is InChI=1S/C16H27N3O3/c1-2-13-11-18(9-10-22-13)12-19-14(20)16(17-15(19)21)7-5-3-4-6-8-16/h13H,2-12H2,1H3,(H,17,21)/t13-/m0/s1. The number of amides is 3. The van der Waals surface area contributed by atoms with Crippen molar-refractivity contribution >= 4 is 11.9 Å². The van der Waals surface area contributed by atoms with Crippen LogP contribution < -0.4 is 5.32 Å². The van der Waals surface area contributed by atoms with Crippen molar-refractivity contribution in [3.8, 4) is 0 Å². The summed E-state index contributed by atoms with van der Waals surface area (Å²) < 4.78 is 5.66. The Kier molecular flexibility index (Phi) is 4.68. The number of hydrogen-bond acceptors (Lipinski definition) is 4. The van der Waals surface area contributed by atoms with Crippen LogP contribution in [0.3, 0.4) is 0 Å². The molecular weight excluding hydrogens is 282 g/mol. The molecule has 0 bridgehead atoms. The number of rotatable bonds is 3. The molecule has 2 aliphatic heterocycles. The molecule has 2 saturated heterocycles. The summed E-state index contributed by atoms with van der Waals surface area (Å²) in [6.45, 7) is 4.74. The maximum Gasteiger partial charge on any atom is 0.326 e. The molecule has 1 atom stereocenters. The van der Waals surface area contributed by atoms with Gasteiger partial charge in [0, 0.05) is 13.1 Å². The fourth-order valence-corrected chi connectivity index (χ4v) is 3.83. The maximum atomic E-state index is 12.9. The number of hydrogen-bond donors (Lipinski definition) is 1. The monoisotopic (exact) mass is 309 g/mol. The Morgan fingerprint density at radius 1 is 1.23 bits per heavy atom. The van der Waals surface area contributed by atoms with E-state index in [1.54, 1.807) is 0 Å². The van der Waals surface area contributed by atoms with E-state index in [1.807, 2.05) is 0 Å². The van der Waals surface area contributed by atoms with Gasteiger partial charge in [-0.15, -0.1) is 0 Å². The summed E-state index contributed by atoms with van der Waals surface area (Å²) in [5.74, 6) is -0.0149. The summed E-state index contributed by atoms with van der Waals surface area (Å²) in [7, 11) is 0. The third-order valence-corrected chi connectivity index (χ3v) is 5.22. The second-order valence-electron chi connectivity index (χ2n) is 6.78. The highest BCUT2D eigenvalue weighted by Gasteiger charge is 2.51. The molecule has 2 heterocycles. The molecule has 3 fully saturated rings. The minimum atomic E-state index is -0.621. The van der Waals surface area contributed by atoms with Gasteiger partial charge in [-0.25, -0.2) is 9.69 Å². The first kappa shape index (κ1) is 15.7. The van der Waals surface area contributed by atoms with E-state index < -0.39 is 5.54 Å². The molecule has 1 saturated carbocycles. The Labute approximate surface area is 132 Å². The Balaban J connectivity index is 1.66. The lowest BCUT2D eigenvalue weighted by Crippen LogP contribution is -2.50. The van der Waals surface area contributed by atoms with Crippen molar-refractivity contribution in [2.45, 2.75) is 63.5 Å². The lowest BCUT2D eigenvalue weighted by atomic mass is 9.90. The Morgan fingerprint density at radius 2 is 1.95 bits per heavy atom. The SMILES string of the molecule is CC[C@H]1CN(CN2C(=O)NC3(CCCCCC3)C2=O)CCO1. The van der Waals surface area contributed by atoms with Crippen LogP contribution in [0.15, 0.2) is 0 Å². The molecule has 1 N–H and O–H groups in total. The van der Waals surface area contributed by atoms with Crippen molar-refractivity contribution < 1.29 is 14.3 Å². The van der Waals surface area contributed by atoms with E-state index in [9.17, 15) is 9.59 Å². The van der Waals surface area contributed by atoms with E-state index >= 15 is 0 Å². The summed E-state index contributed by atoms with van der Waals surface area (Å²) in [4.78, 5) is 28.8. The van der Waals surface area contributed by atoms with Crippen LogP contribution in [0.4, 0.5) is 4.79 Å². The molecule has 0 aromatic carbocycles. The largest absolute Gasteiger partial charge is 0.376 e. The summed E-state index contributed by atoms with van der Waals surface area (Å²) >= 11 is 0. The van der Waals surface area contributed by atoms with Crippen molar-refractivity contribution in [3.63, 3.8) is 0 Å². The fraction of sp³-hybridized carbons (Fsp3) is 0.875. The highest BCUT2D eigenvalue weighted by atomic mass is 16.5. The predicted octanol–water partition coefficient (Wildman–Crippen LogP) is 1.70. The van der Waals surface area contributed by atoms with E-state index in [4.69, 9.17) is 4.74 Å². The molecule has 6 heteroatoms. The molecule has 3 amide bonds. The molecule has 1 spiro atoms. The molecule has 3 rings (SSSR count). The number of nitrogens with zero attached hydrogens (tertiary/aromatic N) is 2. The molecule has 6 nitrogen and oxygen atoms in total. The van der Waals surface area contributed by atoms with Gasteiger partial charge in [0.05, 0.1) is 19.4 Å². The van der Waals surface area contributed by atoms with Crippen molar-refractivity contribution in [2.75, 3.05) is 26.4 Å². The van der Waals surface area contributed by atoms with Crippen molar-refractivity contribution in [3.05, 3.63) is 0 Å². The van der Waals surface area contributed by atoms with Gasteiger partial charge in [-0.2, -0.15) is 0 Å². The molecule has 1 aliphatic carbocycles. The highest BCUT2D eigenvalue weighted by molar-refractivity contribution is 6.07. The van der Waals surface area contributed by atoms with E-state index in [2.05, 4.69) is 17.1 Å². The first-order chi connectivity index (χ1) is 10.6. The lowest BCUT2D eigenvalue weighted by molar-refractivity contribution is -0.134. The van der Waals surface area contributed by atoms with Gasteiger partial charge in [-0.3, -0.25) is 9.69 Å². The van der Waals surface area contributed by atoms with Gasteiger partial charge in [0.25, 0.3) is 5.91 Å². The zero-order valence-electron chi connectivity index (χ0n) is 13.5.